The van der Waals surface area contributed by atoms with E-state index in [1.54, 1.807) is 6.26 Å². The molecule has 1 aromatic rings. The van der Waals surface area contributed by atoms with Crippen molar-refractivity contribution in [1.29, 1.82) is 0 Å². The maximum Gasteiger partial charge on any atom is 0.117 e. The molecule has 0 amide bonds. The molecule has 0 aromatic carbocycles. The number of likely N-dealkylation sites (N-methyl/N-ethyl adjacent to an activating group) is 1. The molecule has 0 saturated carbocycles. The van der Waals surface area contributed by atoms with Crippen LogP contribution in [0.2, 0.25) is 0 Å². The molecular weight excluding hydrogens is 200 g/mol. The standard InChI is InChI=1S/C13H24N2O/c1-4-11(3)13(9-14)15(5-2)10-12-7-6-8-16-12/h6-8,11,13H,4-5,9-10,14H2,1-3H3. The van der Waals surface area contributed by atoms with Crippen LogP contribution in [0.15, 0.2) is 22.8 Å². The van der Waals surface area contributed by atoms with E-state index >= 15 is 0 Å². The average Bonchev–Trinajstić information content (AvgIpc) is 2.81. The summed E-state index contributed by atoms with van der Waals surface area (Å²) in [7, 11) is 0. The molecule has 16 heavy (non-hydrogen) atoms. The van der Waals surface area contributed by atoms with Crippen molar-refractivity contribution in [3.8, 4) is 0 Å². The quantitative estimate of drug-likeness (QED) is 0.773. The summed E-state index contributed by atoms with van der Waals surface area (Å²) < 4.78 is 5.39. The van der Waals surface area contributed by atoms with Crippen LogP contribution in [0, 0.1) is 5.92 Å². The van der Waals surface area contributed by atoms with Crippen molar-refractivity contribution >= 4 is 0 Å². The van der Waals surface area contributed by atoms with Gasteiger partial charge in [-0.05, 0) is 24.6 Å². The molecule has 0 fully saturated rings. The van der Waals surface area contributed by atoms with Crippen LogP contribution < -0.4 is 5.73 Å². The molecule has 3 heteroatoms. The van der Waals surface area contributed by atoms with Gasteiger partial charge >= 0.3 is 0 Å². The molecule has 3 nitrogen and oxygen atoms in total. The fraction of sp³-hybridized carbons (Fsp3) is 0.692. The summed E-state index contributed by atoms with van der Waals surface area (Å²) in [6.45, 7) is 9.23. The van der Waals surface area contributed by atoms with Crippen LogP contribution in [0.5, 0.6) is 0 Å². The highest BCUT2D eigenvalue weighted by atomic mass is 16.3. The van der Waals surface area contributed by atoms with Gasteiger partial charge in [0.15, 0.2) is 0 Å². The largest absolute Gasteiger partial charge is 0.468 e. The summed E-state index contributed by atoms with van der Waals surface area (Å²) in [5, 5.41) is 0. The van der Waals surface area contributed by atoms with Gasteiger partial charge in [0.1, 0.15) is 5.76 Å². The molecule has 92 valence electrons. The third-order valence-corrected chi connectivity index (χ3v) is 3.36. The topological polar surface area (TPSA) is 42.4 Å². The van der Waals surface area contributed by atoms with E-state index < -0.39 is 0 Å². The Bertz CT molecular complexity index is 271. The lowest BCUT2D eigenvalue weighted by atomic mass is 9.97. The summed E-state index contributed by atoms with van der Waals surface area (Å²) in [5.41, 5.74) is 5.88. The van der Waals surface area contributed by atoms with Crippen LogP contribution in [-0.4, -0.2) is 24.0 Å². The molecule has 0 aliphatic carbocycles. The third-order valence-electron chi connectivity index (χ3n) is 3.36. The molecule has 1 rings (SSSR count). The Hall–Kier alpha value is -0.800. The average molecular weight is 224 g/mol. The van der Waals surface area contributed by atoms with Crippen LogP contribution in [0.25, 0.3) is 0 Å². The van der Waals surface area contributed by atoms with Crippen molar-refractivity contribution in [2.75, 3.05) is 13.1 Å². The Labute approximate surface area is 98.6 Å². The molecule has 0 aliphatic heterocycles. The van der Waals surface area contributed by atoms with E-state index in [4.69, 9.17) is 10.2 Å². The van der Waals surface area contributed by atoms with E-state index in [9.17, 15) is 0 Å². The van der Waals surface area contributed by atoms with Crippen LogP contribution in [0.3, 0.4) is 0 Å². The predicted octanol–water partition coefficient (Wildman–Crippen LogP) is 2.47. The first-order valence-corrected chi connectivity index (χ1v) is 6.19. The molecule has 0 aliphatic rings. The molecule has 2 N–H and O–H groups in total. The first kappa shape index (κ1) is 13.3. The minimum Gasteiger partial charge on any atom is -0.468 e. The highest BCUT2D eigenvalue weighted by molar-refractivity contribution is 4.98. The Morgan fingerprint density at radius 3 is 2.62 bits per heavy atom. The van der Waals surface area contributed by atoms with Crippen molar-refractivity contribution < 1.29 is 4.42 Å². The lowest BCUT2D eigenvalue weighted by molar-refractivity contribution is 0.140. The van der Waals surface area contributed by atoms with Gasteiger partial charge in [-0.2, -0.15) is 0 Å². The van der Waals surface area contributed by atoms with E-state index in [1.807, 2.05) is 12.1 Å². The van der Waals surface area contributed by atoms with Gasteiger partial charge in [-0.25, -0.2) is 0 Å². The first-order valence-electron chi connectivity index (χ1n) is 6.19. The van der Waals surface area contributed by atoms with Crippen LogP contribution in [-0.2, 0) is 6.54 Å². The molecule has 1 aromatic heterocycles. The molecular formula is C13H24N2O. The molecule has 0 bridgehead atoms. The fourth-order valence-corrected chi connectivity index (χ4v) is 2.08. The molecule has 1 heterocycles. The van der Waals surface area contributed by atoms with E-state index in [1.165, 1.54) is 0 Å². The number of nitrogens with two attached hydrogens (primary N) is 1. The van der Waals surface area contributed by atoms with Crippen molar-refractivity contribution in [3.05, 3.63) is 24.2 Å². The van der Waals surface area contributed by atoms with Gasteiger partial charge in [-0.15, -0.1) is 0 Å². The number of hydrogen-bond donors (Lipinski definition) is 1. The lowest BCUT2D eigenvalue weighted by Crippen LogP contribution is -2.44. The zero-order valence-electron chi connectivity index (χ0n) is 10.6. The molecule has 2 atom stereocenters. The Morgan fingerprint density at radius 1 is 1.44 bits per heavy atom. The van der Waals surface area contributed by atoms with E-state index in [-0.39, 0.29) is 0 Å². The Kier molecular flexibility index (Phi) is 5.56. The zero-order chi connectivity index (χ0) is 12.0. The van der Waals surface area contributed by atoms with Crippen molar-refractivity contribution in [3.63, 3.8) is 0 Å². The van der Waals surface area contributed by atoms with E-state index in [2.05, 4.69) is 25.7 Å². The molecule has 2 unspecified atom stereocenters. The fourth-order valence-electron chi connectivity index (χ4n) is 2.08. The van der Waals surface area contributed by atoms with Gasteiger partial charge in [0, 0.05) is 12.6 Å². The maximum absolute atomic E-state index is 5.88. The third kappa shape index (κ3) is 3.35. The molecule has 0 spiro atoms. The lowest BCUT2D eigenvalue weighted by Gasteiger charge is -2.33. The summed E-state index contributed by atoms with van der Waals surface area (Å²) in [6, 6.07) is 4.40. The van der Waals surface area contributed by atoms with Crippen molar-refractivity contribution in [1.82, 2.24) is 4.90 Å². The summed E-state index contributed by atoms with van der Waals surface area (Å²) in [6.07, 6.45) is 2.89. The minimum absolute atomic E-state index is 0.445. The molecule has 0 saturated heterocycles. The van der Waals surface area contributed by atoms with Gasteiger partial charge in [0.05, 0.1) is 12.8 Å². The van der Waals surface area contributed by atoms with Crippen LogP contribution in [0.4, 0.5) is 0 Å². The number of nitrogens with zero attached hydrogens (tertiary/aromatic N) is 1. The zero-order valence-corrected chi connectivity index (χ0v) is 10.6. The normalized spacial score (nSPS) is 15.3. The highest BCUT2D eigenvalue weighted by Gasteiger charge is 2.21. The highest BCUT2D eigenvalue weighted by Crippen LogP contribution is 2.16. The monoisotopic (exact) mass is 224 g/mol. The van der Waals surface area contributed by atoms with Gasteiger partial charge in [-0.3, -0.25) is 4.90 Å². The molecule has 0 radical (unpaired) electrons. The maximum atomic E-state index is 5.88. The second-order valence-corrected chi connectivity index (χ2v) is 4.33. The summed E-state index contributed by atoms with van der Waals surface area (Å²) >= 11 is 0. The van der Waals surface area contributed by atoms with Crippen LogP contribution >= 0.6 is 0 Å². The smallest absolute Gasteiger partial charge is 0.117 e. The second-order valence-electron chi connectivity index (χ2n) is 4.33. The van der Waals surface area contributed by atoms with Crippen molar-refractivity contribution in [2.24, 2.45) is 11.7 Å². The van der Waals surface area contributed by atoms with Gasteiger partial charge in [-0.1, -0.05) is 27.2 Å². The van der Waals surface area contributed by atoms with Crippen LogP contribution in [0.1, 0.15) is 33.0 Å². The van der Waals surface area contributed by atoms with Gasteiger partial charge < -0.3 is 10.2 Å². The van der Waals surface area contributed by atoms with E-state index in [0.29, 0.717) is 18.5 Å². The summed E-state index contributed by atoms with van der Waals surface area (Å²) in [5.74, 6) is 1.64. The Balaban J connectivity index is 2.64. The van der Waals surface area contributed by atoms with Crippen molar-refractivity contribution in [2.45, 2.75) is 39.8 Å². The Morgan fingerprint density at radius 2 is 2.19 bits per heavy atom. The summed E-state index contributed by atoms with van der Waals surface area (Å²) in [4.78, 5) is 2.40. The number of furan rings is 1. The SMILES string of the molecule is CCC(C)C(CN)N(CC)Cc1ccco1. The van der Waals surface area contributed by atoms with E-state index in [0.717, 1.165) is 25.3 Å². The minimum atomic E-state index is 0.445. The number of hydrogen-bond acceptors (Lipinski definition) is 3. The van der Waals surface area contributed by atoms with Gasteiger partial charge in [0.25, 0.3) is 0 Å². The number of rotatable bonds is 7. The predicted molar refractivity (Wildman–Crippen MR) is 67.1 cm³/mol. The van der Waals surface area contributed by atoms with Gasteiger partial charge in [0.2, 0.25) is 0 Å². The second kappa shape index (κ2) is 6.71. The first-order chi connectivity index (χ1) is 7.72.